The van der Waals surface area contributed by atoms with E-state index in [1.54, 1.807) is 7.11 Å². The molecule has 1 fully saturated rings. The van der Waals surface area contributed by atoms with E-state index >= 15 is 0 Å². The van der Waals surface area contributed by atoms with Crippen LogP contribution in [0, 0.1) is 0 Å². The minimum Gasteiger partial charge on any atom is -0.481 e. The molecule has 1 aliphatic rings. The molecule has 0 aliphatic heterocycles. The third-order valence-corrected chi connectivity index (χ3v) is 3.92. The lowest BCUT2D eigenvalue weighted by Crippen LogP contribution is -2.52. The molecule has 0 heterocycles. The van der Waals surface area contributed by atoms with Gasteiger partial charge in [-0.1, -0.05) is 19.3 Å². The molecule has 0 aromatic rings. The van der Waals surface area contributed by atoms with Crippen LogP contribution in [-0.4, -0.2) is 60.0 Å². The second-order valence-corrected chi connectivity index (χ2v) is 5.35. The molecule has 5 nitrogen and oxygen atoms in total. The van der Waals surface area contributed by atoms with Gasteiger partial charge in [-0.3, -0.25) is 9.69 Å². The SMILES string of the molecule is COCC(O)CN(C)C1(CC(=O)O)CCCCC1. The fraction of sp³-hybridized carbons (Fsp3) is 0.923. The predicted molar refractivity (Wildman–Crippen MR) is 68.6 cm³/mol. The maximum atomic E-state index is 11.1. The Labute approximate surface area is 109 Å². The Morgan fingerprint density at radius 2 is 2.00 bits per heavy atom. The molecule has 0 saturated heterocycles. The number of aliphatic hydroxyl groups is 1. The zero-order chi connectivity index (χ0) is 13.6. The molecule has 106 valence electrons. The number of carbonyl (C=O) groups is 1. The molecule has 0 bridgehead atoms. The zero-order valence-electron chi connectivity index (χ0n) is 11.4. The number of carboxylic acid groups (broad SMARTS) is 1. The maximum absolute atomic E-state index is 11.1. The molecule has 1 atom stereocenters. The number of ether oxygens (including phenoxy) is 1. The van der Waals surface area contributed by atoms with Crippen LogP contribution >= 0.6 is 0 Å². The molecule has 18 heavy (non-hydrogen) atoms. The highest BCUT2D eigenvalue weighted by atomic mass is 16.5. The quantitative estimate of drug-likeness (QED) is 0.716. The van der Waals surface area contributed by atoms with Crippen LogP contribution in [-0.2, 0) is 9.53 Å². The number of hydrogen-bond acceptors (Lipinski definition) is 4. The van der Waals surface area contributed by atoms with Gasteiger partial charge in [0.15, 0.2) is 0 Å². The lowest BCUT2D eigenvalue weighted by Gasteiger charge is -2.44. The monoisotopic (exact) mass is 259 g/mol. The highest BCUT2D eigenvalue weighted by Crippen LogP contribution is 2.35. The Morgan fingerprint density at radius 3 is 2.50 bits per heavy atom. The van der Waals surface area contributed by atoms with Gasteiger partial charge >= 0.3 is 5.97 Å². The number of nitrogens with zero attached hydrogens (tertiary/aromatic N) is 1. The van der Waals surface area contributed by atoms with E-state index in [4.69, 9.17) is 9.84 Å². The summed E-state index contributed by atoms with van der Waals surface area (Å²) >= 11 is 0. The highest BCUT2D eigenvalue weighted by Gasteiger charge is 2.38. The summed E-state index contributed by atoms with van der Waals surface area (Å²) < 4.78 is 4.91. The summed E-state index contributed by atoms with van der Waals surface area (Å²) in [6, 6.07) is 0. The molecule has 1 rings (SSSR count). The smallest absolute Gasteiger partial charge is 0.305 e. The first kappa shape index (κ1) is 15.4. The molecular formula is C13H25NO4. The van der Waals surface area contributed by atoms with Crippen molar-refractivity contribution in [1.82, 2.24) is 4.90 Å². The molecule has 1 saturated carbocycles. The van der Waals surface area contributed by atoms with Gasteiger partial charge in [-0.25, -0.2) is 0 Å². The standard InChI is InChI=1S/C13H25NO4/c1-14(9-11(15)10-18-2)13(8-12(16)17)6-4-3-5-7-13/h11,15H,3-10H2,1-2H3,(H,16,17). The van der Waals surface area contributed by atoms with E-state index in [0.29, 0.717) is 6.54 Å². The number of aliphatic hydroxyl groups excluding tert-OH is 1. The normalized spacial score (nSPS) is 20.9. The minimum atomic E-state index is -0.759. The molecule has 0 aromatic heterocycles. The largest absolute Gasteiger partial charge is 0.481 e. The Balaban J connectivity index is 2.66. The topological polar surface area (TPSA) is 70.0 Å². The van der Waals surface area contributed by atoms with Gasteiger partial charge in [0.05, 0.1) is 19.1 Å². The van der Waals surface area contributed by atoms with Gasteiger partial charge in [-0.2, -0.15) is 0 Å². The Morgan fingerprint density at radius 1 is 1.39 bits per heavy atom. The average Bonchev–Trinajstić information content (AvgIpc) is 2.29. The van der Waals surface area contributed by atoms with E-state index in [1.807, 2.05) is 11.9 Å². The third-order valence-electron chi connectivity index (χ3n) is 3.92. The van der Waals surface area contributed by atoms with Crippen molar-refractivity contribution < 1.29 is 19.7 Å². The number of carboxylic acids is 1. The Hall–Kier alpha value is -0.650. The van der Waals surface area contributed by atoms with Crippen molar-refractivity contribution in [2.45, 2.75) is 50.2 Å². The first-order valence-corrected chi connectivity index (χ1v) is 6.60. The minimum absolute atomic E-state index is 0.156. The summed E-state index contributed by atoms with van der Waals surface area (Å²) in [6.07, 6.45) is 4.70. The third kappa shape index (κ3) is 4.23. The lowest BCUT2D eigenvalue weighted by molar-refractivity contribution is -0.141. The van der Waals surface area contributed by atoms with Gasteiger partial charge < -0.3 is 14.9 Å². The van der Waals surface area contributed by atoms with Gasteiger partial charge in [0, 0.05) is 19.2 Å². The van der Waals surface area contributed by atoms with E-state index in [-0.39, 0.29) is 18.6 Å². The van der Waals surface area contributed by atoms with Crippen molar-refractivity contribution in [3.8, 4) is 0 Å². The van der Waals surface area contributed by atoms with Crippen LogP contribution in [0.5, 0.6) is 0 Å². The number of rotatable bonds is 7. The first-order chi connectivity index (χ1) is 8.50. The number of likely N-dealkylation sites (N-methyl/N-ethyl adjacent to an activating group) is 1. The molecule has 0 aromatic carbocycles. The fourth-order valence-corrected chi connectivity index (χ4v) is 2.94. The van der Waals surface area contributed by atoms with Gasteiger partial charge in [0.25, 0.3) is 0 Å². The first-order valence-electron chi connectivity index (χ1n) is 6.60. The summed E-state index contributed by atoms with van der Waals surface area (Å²) in [6.45, 7) is 0.745. The lowest BCUT2D eigenvalue weighted by atomic mass is 9.78. The van der Waals surface area contributed by atoms with Gasteiger partial charge in [-0.15, -0.1) is 0 Å². The van der Waals surface area contributed by atoms with Crippen LogP contribution in [0.25, 0.3) is 0 Å². The predicted octanol–water partition coefficient (Wildman–Crippen LogP) is 1.10. The van der Waals surface area contributed by atoms with E-state index in [9.17, 15) is 9.90 Å². The number of aliphatic carboxylic acids is 1. The van der Waals surface area contributed by atoms with E-state index in [2.05, 4.69) is 0 Å². The van der Waals surface area contributed by atoms with Crippen LogP contribution < -0.4 is 0 Å². The van der Waals surface area contributed by atoms with E-state index in [0.717, 1.165) is 25.7 Å². The van der Waals surface area contributed by atoms with Crippen LogP contribution in [0.3, 0.4) is 0 Å². The summed E-state index contributed by atoms with van der Waals surface area (Å²) in [4.78, 5) is 13.1. The Bertz CT molecular complexity index is 264. The van der Waals surface area contributed by atoms with Crippen LogP contribution in [0.2, 0.25) is 0 Å². The van der Waals surface area contributed by atoms with Crippen molar-refractivity contribution in [1.29, 1.82) is 0 Å². The summed E-state index contributed by atoms with van der Waals surface area (Å²) in [5.41, 5.74) is -0.293. The fourth-order valence-electron chi connectivity index (χ4n) is 2.94. The summed E-state index contributed by atoms with van der Waals surface area (Å²) in [5.74, 6) is -0.759. The van der Waals surface area contributed by atoms with Crippen molar-refractivity contribution in [2.24, 2.45) is 0 Å². The molecule has 5 heteroatoms. The average molecular weight is 259 g/mol. The zero-order valence-corrected chi connectivity index (χ0v) is 11.4. The number of hydrogen-bond donors (Lipinski definition) is 2. The van der Waals surface area contributed by atoms with Gasteiger partial charge in [-0.05, 0) is 19.9 Å². The van der Waals surface area contributed by atoms with E-state index in [1.165, 1.54) is 6.42 Å². The molecule has 1 unspecified atom stereocenters. The second-order valence-electron chi connectivity index (χ2n) is 5.35. The maximum Gasteiger partial charge on any atom is 0.305 e. The molecule has 1 aliphatic carbocycles. The van der Waals surface area contributed by atoms with Gasteiger partial charge in [0.2, 0.25) is 0 Å². The molecular weight excluding hydrogens is 234 g/mol. The van der Waals surface area contributed by atoms with Crippen molar-refractivity contribution >= 4 is 5.97 Å². The van der Waals surface area contributed by atoms with Crippen molar-refractivity contribution in [3.63, 3.8) is 0 Å². The summed E-state index contributed by atoms with van der Waals surface area (Å²) in [7, 11) is 3.46. The summed E-state index contributed by atoms with van der Waals surface area (Å²) in [5, 5.41) is 18.9. The molecule has 0 amide bonds. The van der Waals surface area contributed by atoms with Gasteiger partial charge in [0.1, 0.15) is 0 Å². The van der Waals surface area contributed by atoms with Crippen LogP contribution in [0.4, 0.5) is 0 Å². The molecule has 0 spiro atoms. The number of β-amino-alcohol motifs (C(OH)–C–C–N with tert-alkyl or cyclic N) is 1. The Kier molecular flexibility index (Phi) is 6.05. The van der Waals surface area contributed by atoms with Crippen molar-refractivity contribution in [2.75, 3.05) is 27.3 Å². The molecule has 0 radical (unpaired) electrons. The van der Waals surface area contributed by atoms with E-state index < -0.39 is 12.1 Å². The number of methoxy groups -OCH3 is 1. The van der Waals surface area contributed by atoms with Crippen LogP contribution in [0.15, 0.2) is 0 Å². The highest BCUT2D eigenvalue weighted by molar-refractivity contribution is 5.68. The van der Waals surface area contributed by atoms with Crippen LogP contribution in [0.1, 0.15) is 38.5 Å². The van der Waals surface area contributed by atoms with Crippen molar-refractivity contribution in [3.05, 3.63) is 0 Å². The molecule has 2 N–H and O–H groups in total. The second kappa shape index (κ2) is 7.07.